The van der Waals surface area contributed by atoms with Crippen molar-refractivity contribution in [2.24, 2.45) is 0 Å². The molecule has 2 aromatic carbocycles. The summed E-state index contributed by atoms with van der Waals surface area (Å²) < 4.78 is 1.41. The molecule has 0 aliphatic heterocycles. The maximum absolute atomic E-state index is 3.62. The number of rotatable bonds is 0. The molecule has 1 nitrogen and oxygen atoms in total. The van der Waals surface area contributed by atoms with Gasteiger partial charge in [-0.15, -0.1) is 11.3 Å². The minimum atomic E-state index is 1.18. The van der Waals surface area contributed by atoms with Crippen LogP contribution >= 0.6 is 11.3 Å². The second-order valence-electron chi connectivity index (χ2n) is 5.42. The zero-order valence-electron chi connectivity index (χ0n) is 10.9. The van der Waals surface area contributed by atoms with Crippen molar-refractivity contribution in [1.29, 1.82) is 0 Å². The Morgan fingerprint density at radius 2 is 1.85 bits per heavy atom. The highest BCUT2D eigenvalue weighted by atomic mass is 32.1. The molecular weight excluding hydrogens is 262 g/mol. The first-order valence-electron chi connectivity index (χ1n) is 7.03. The molecule has 1 aliphatic rings. The molecule has 0 saturated heterocycles. The first kappa shape index (κ1) is 10.7. The molecule has 0 atom stereocenters. The molecule has 20 heavy (non-hydrogen) atoms. The van der Waals surface area contributed by atoms with Crippen molar-refractivity contribution in [3.63, 3.8) is 0 Å². The lowest BCUT2D eigenvalue weighted by atomic mass is 10.0. The number of thiophene rings is 1. The van der Waals surface area contributed by atoms with Crippen LogP contribution in [0.4, 0.5) is 0 Å². The lowest BCUT2D eigenvalue weighted by Gasteiger charge is -2.03. The fourth-order valence-electron chi connectivity index (χ4n) is 3.32. The van der Waals surface area contributed by atoms with Gasteiger partial charge in [0.1, 0.15) is 0 Å². The molecule has 96 valence electrons. The number of H-pyrrole nitrogens is 1. The van der Waals surface area contributed by atoms with E-state index in [1.165, 1.54) is 55.2 Å². The van der Waals surface area contributed by atoms with Crippen LogP contribution in [-0.2, 0) is 6.42 Å². The standard InChI is InChI=1S/C18H13NS/c1-3-7-15-11(5-1)13-9-10-14-12-6-2-4-8-16(12)20-18(14)17(13)19-15/h1-3,5-7,9-10,19H,4,8H2. The van der Waals surface area contributed by atoms with Crippen LogP contribution in [0.5, 0.6) is 0 Å². The zero-order valence-corrected chi connectivity index (χ0v) is 11.8. The number of allylic oxidation sites excluding steroid dienone is 1. The van der Waals surface area contributed by atoms with E-state index >= 15 is 0 Å². The molecule has 2 heterocycles. The predicted octanol–water partition coefficient (Wildman–Crippen LogP) is 5.50. The lowest BCUT2D eigenvalue weighted by Crippen LogP contribution is -1.86. The van der Waals surface area contributed by atoms with Crippen molar-refractivity contribution in [2.75, 3.05) is 0 Å². The van der Waals surface area contributed by atoms with Crippen LogP contribution in [0.1, 0.15) is 16.9 Å². The highest BCUT2D eigenvalue weighted by Gasteiger charge is 2.16. The molecule has 0 radical (unpaired) electrons. The maximum atomic E-state index is 3.62. The number of fused-ring (bicyclic) bond motifs is 7. The van der Waals surface area contributed by atoms with Gasteiger partial charge in [-0.05, 0) is 24.5 Å². The monoisotopic (exact) mass is 275 g/mol. The Morgan fingerprint density at radius 3 is 2.85 bits per heavy atom. The Kier molecular flexibility index (Phi) is 2.00. The van der Waals surface area contributed by atoms with E-state index in [0.29, 0.717) is 0 Å². The van der Waals surface area contributed by atoms with Gasteiger partial charge >= 0.3 is 0 Å². The number of hydrogen-bond acceptors (Lipinski definition) is 1. The molecular formula is C18H13NS. The molecule has 0 saturated carbocycles. The third-order valence-corrected chi connectivity index (χ3v) is 5.57. The number of benzene rings is 2. The highest BCUT2D eigenvalue weighted by molar-refractivity contribution is 7.20. The van der Waals surface area contributed by atoms with Crippen LogP contribution in [0.25, 0.3) is 38.0 Å². The van der Waals surface area contributed by atoms with Gasteiger partial charge in [-0.1, -0.05) is 42.5 Å². The number of aryl methyl sites for hydroxylation is 1. The van der Waals surface area contributed by atoms with Crippen LogP contribution in [0.2, 0.25) is 0 Å². The predicted molar refractivity (Wildman–Crippen MR) is 88.5 cm³/mol. The van der Waals surface area contributed by atoms with E-state index in [1.807, 2.05) is 11.3 Å². The number of hydrogen-bond donors (Lipinski definition) is 1. The minimum absolute atomic E-state index is 1.18. The topological polar surface area (TPSA) is 15.8 Å². The number of aromatic nitrogens is 1. The van der Waals surface area contributed by atoms with Crippen LogP contribution < -0.4 is 0 Å². The van der Waals surface area contributed by atoms with Gasteiger partial charge in [0.15, 0.2) is 0 Å². The maximum Gasteiger partial charge on any atom is 0.0646 e. The summed E-state index contributed by atoms with van der Waals surface area (Å²) >= 11 is 1.96. The van der Waals surface area contributed by atoms with Crippen molar-refractivity contribution in [2.45, 2.75) is 12.8 Å². The summed E-state index contributed by atoms with van der Waals surface area (Å²) in [5.41, 5.74) is 3.98. The van der Waals surface area contributed by atoms with Crippen molar-refractivity contribution < 1.29 is 0 Å². The van der Waals surface area contributed by atoms with E-state index in [0.717, 1.165) is 0 Å². The van der Waals surface area contributed by atoms with Crippen molar-refractivity contribution in [3.8, 4) is 0 Å². The molecule has 4 aromatic rings. The largest absolute Gasteiger partial charge is 0.353 e. The lowest BCUT2D eigenvalue weighted by molar-refractivity contribution is 1.02. The molecule has 2 heteroatoms. The third-order valence-electron chi connectivity index (χ3n) is 4.27. The second-order valence-corrected chi connectivity index (χ2v) is 6.52. The average Bonchev–Trinajstić information content (AvgIpc) is 3.05. The van der Waals surface area contributed by atoms with Gasteiger partial charge in [-0.25, -0.2) is 0 Å². The van der Waals surface area contributed by atoms with Crippen LogP contribution in [-0.4, -0.2) is 4.98 Å². The summed E-state index contributed by atoms with van der Waals surface area (Å²) in [7, 11) is 0. The van der Waals surface area contributed by atoms with Crippen LogP contribution in [0, 0.1) is 0 Å². The smallest absolute Gasteiger partial charge is 0.0646 e. The number of aromatic amines is 1. The minimum Gasteiger partial charge on any atom is -0.353 e. The molecule has 0 fully saturated rings. The second kappa shape index (κ2) is 3.74. The molecule has 5 rings (SSSR count). The fraction of sp³-hybridized carbons (Fsp3) is 0.111. The van der Waals surface area contributed by atoms with E-state index in [2.05, 4.69) is 53.5 Å². The SMILES string of the molecule is C1=Cc2c(sc3c2ccc2c4ccccc4[nH]c23)CC1. The van der Waals surface area contributed by atoms with E-state index in [9.17, 15) is 0 Å². The Hall–Kier alpha value is -2.06. The van der Waals surface area contributed by atoms with Crippen LogP contribution in [0.3, 0.4) is 0 Å². The molecule has 1 aliphatic carbocycles. The van der Waals surface area contributed by atoms with E-state index in [-0.39, 0.29) is 0 Å². The highest BCUT2D eigenvalue weighted by Crippen LogP contribution is 2.40. The van der Waals surface area contributed by atoms with Gasteiger partial charge in [0.25, 0.3) is 0 Å². The summed E-state index contributed by atoms with van der Waals surface area (Å²) in [6.07, 6.45) is 6.96. The zero-order chi connectivity index (χ0) is 13.1. The summed E-state index contributed by atoms with van der Waals surface area (Å²) in [5.74, 6) is 0. The van der Waals surface area contributed by atoms with E-state index in [4.69, 9.17) is 0 Å². The summed E-state index contributed by atoms with van der Waals surface area (Å²) in [6.45, 7) is 0. The van der Waals surface area contributed by atoms with Gasteiger partial charge in [0.05, 0.1) is 10.2 Å². The fourth-order valence-corrected chi connectivity index (χ4v) is 4.63. The summed E-state index contributed by atoms with van der Waals surface area (Å²) in [6, 6.07) is 13.1. The first-order chi connectivity index (χ1) is 9.92. The Morgan fingerprint density at radius 1 is 0.950 bits per heavy atom. The normalized spacial score (nSPS) is 14.4. The first-order valence-corrected chi connectivity index (χ1v) is 7.85. The van der Waals surface area contributed by atoms with Crippen molar-refractivity contribution >= 4 is 49.3 Å². The molecule has 1 N–H and O–H groups in total. The van der Waals surface area contributed by atoms with Crippen molar-refractivity contribution in [1.82, 2.24) is 4.98 Å². The number of nitrogens with one attached hydrogen (secondary N) is 1. The molecule has 2 aromatic heterocycles. The molecule has 0 bridgehead atoms. The van der Waals surface area contributed by atoms with E-state index in [1.54, 1.807) is 0 Å². The Balaban J connectivity index is 2.01. The van der Waals surface area contributed by atoms with Crippen molar-refractivity contribution in [3.05, 3.63) is 52.9 Å². The van der Waals surface area contributed by atoms with E-state index < -0.39 is 0 Å². The molecule has 0 amide bonds. The third kappa shape index (κ3) is 1.27. The van der Waals surface area contributed by atoms with Gasteiger partial charge in [0.2, 0.25) is 0 Å². The number of para-hydroxylation sites is 1. The average molecular weight is 275 g/mol. The Bertz CT molecular complexity index is 1000. The van der Waals surface area contributed by atoms with Crippen LogP contribution in [0.15, 0.2) is 42.5 Å². The Labute approximate surface area is 120 Å². The van der Waals surface area contributed by atoms with Gasteiger partial charge < -0.3 is 4.98 Å². The van der Waals surface area contributed by atoms with Gasteiger partial charge in [-0.2, -0.15) is 0 Å². The molecule has 0 unspecified atom stereocenters. The van der Waals surface area contributed by atoms with Gasteiger partial charge in [0, 0.05) is 26.6 Å². The quantitative estimate of drug-likeness (QED) is 0.436. The summed E-state index contributed by atoms with van der Waals surface area (Å²) in [4.78, 5) is 5.15. The van der Waals surface area contributed by atoms with Gasteiger partial charge in [-0.3, -0.25) is 0 Å². The summed E-state index contributed by atoms with van der Waals surface area (Å²) in [5, 5.41) is 4.07. The molecule has 0 spiro atoms.